The molecule has 116 valence electrons. The Balaban J connectivity index is 1.77. The normalized spacial score (nSPS) is 21.4. The van der Waals surface area contributed by atoms with Gasteiger partial charge >= 0.3 is 0 Å². The minimum Gasteiger partial charge on any atom is -0.373 e. The topological polar surface area (TPSA) is 41.0 Å². The van der Waals surface area contributed by atoms with Crippen LogP contribution in [0.15, 0.2) is 6.07 Å². The molecule has 1 aliphatic carbocycles. The summed E-state index contributed by atoms with van der Waals surface area (Å²) in [6.45, 7) is 6.94. The van der Waals surface area contributed by atoms with Crippen LogP contribution in [0.4, 0.5) is 11.6 Å². The lowest BCUT2D eigenvalue weighted by Crippen LogP contribution is -2.40. The summed E-state index contributed by atoms with van der Waals surface area (Å²) in [5.41, 5.74) is 0.564. The van der Waals surface area contributed by atoms with Crippen molar-refractivity contribution in [2.24, 2.45) is 5.41 Å². The fourth-order valence-corrected chi connectivity index (χ4v) is 3.43. The zero-order chi connectivity index (χ0) is 14.9. The molecule has 0 aromatic carbocycles. The highest BCUT2D eigenvalue weighted by Gasteiger charge is 2.33. The number of piperidine rings is 1. The average Bonchev–Trinajstić information content (AvgIpc) is 3.39. The minimum atomic E-state index is 0.564. The lowest BCUT2D eigenvalue weighted by atomic mass is 9.74. The average molecular weight is 288 g/mol. The number of rotatable bonds is 5. The molecule has 0 radical (unpaired) electrons. The Hall–Kier alpha value is -1.32. The van der Waals surface area contributed by atoms with Crippen molar-refractivity contribution in [1.29, 1.82) is 0 Å². The predicted molar refractivity (Wildman–Crippen MR) is 88.0 cm³/mol. The standard InChI is InChI=1S/C17H28N4/c1-4-17(5-2)8-10-21(11-9-17)15-12-14(18-3)19-16(20-15)13-6-7-13/h12-13H,4-11H2,1-3H3,(H,18,19,20). The highest BCUT2D eigenvalue weighted by molar-refractivity contribution is 5.50. The van der Waals surface area contributed by atoms with Crippen molar-refractivity contribution in [3.05, 3.63) is 11.9 Å². The molecule has 1 saturated heterocycles. The molecule has 0 amide bonds. The van der Waals surface area contributed by atoms with Gasteiger partial charge in [-0.2, -0.15) is 0 Å². The maximum Gasteiger partial charge on any atom is 0.136 e. The van der Waals surface area contributed by atoms with Crippen molar-refractivity contribution in [3.8, 4) is 0 Å². The molecule has 3 rings (SSSR count). The second-order valence-corrected chi connectivity index (χ2v) is 6.69. The first kappa shape index (κ1) is 14.6. The first-order valence-corrected chi connectivity index (χ1v) is 8.51. The van der Waals surface area contributed by atoms with Crippen LogP contribution in [0, 0.1) is 5.41 Å². The maximum absolute atomic E-state index is 4.84. The monoisotopic (exact) mass is 288 g/mol. The van der Waals surface area contributed by atoms with Gasteiger partial charge in [-0.05, 0) is 31.1 Å². The van der Waals surface area contributed by atoms with Crippen molar-refractivity contribution >= 4 is 11.6 Å². The lowest BCUT2D eigenvalue weighted by Gasteiger charge is -2.41. The fraction of sp³-hybridized carbons (Fsp3) is 0.765. The summed E-state index contributed by atoms with van der Waals surface area (Å²) in [5, 5.41) is 3.19. The Bertz CT molecular complexity index is 482. The number of anilines is 2. The van der Waals surface area contributed by atoms with E-state index in [0.29, 0.717) is 11.3 Å². The summed E-state index contributed by atoms with van der Waals surface area (Å²) in [6.07, 6.45) is 7.69. The molecular weight excluding hydrogens is 260 g/mol. The zero-order valence-corrected chi connectivity index (χ0v) is 13.7. The van der Waals surface area contributed by atoms with E-state index in [4.69, 9.17) is 4.98 Å². The molecule has 1 aromatic heterocycles. The molecule has 0 atom stereocenters. The van der Waals surface area contributed by atoms with Gasteiger partial charge in [-0.1, -0.05) is 26.7 Å². The van der Waals surface area contributed by atoms with Crippen molar-refractivity contribution < 1.29 is 0 Å². The highest BCUT2D eigenvalue weighted by Crippen LogP contribution is 2.41. The van der Waals surface area contributed by atoms with E-state index >= 15 is 0 Å². The summed E-state index contributed by atoms with van der Waals surface area (Å²) >= 11 is 0. The third kappa shape index (κ3) is 2.99. The van der Waals surface area contributed by atoms with E-state index < -0.39 is 0 Å². The van der Waals surface area contributed by atoms with Crippen LogP contribution in [-0.4, -0.2) is 30.1 Å². The predicted octanol–water partition coefficient (Wildman–Crippen LogP) is 3.80. The smallest absolute Gasteiger partial charge is 0.136 e. The molecule has 1 N–H and O–H groups in total. The highest BCUT2D eigenvalue weighted by atomic mass is 15.2. The summed E-state index contributed by atoms with van der Waals surface area (Å²) < 4.78 is 0. The number of aromatic nitrogens is 2. The van der Waals surface area contributed by atoms with Crippen molar-refractivity contribution in [1.82, 2.24) is 9.97 Å². The van der Waals surface area contributed by atoms with Crippen LogP contribution in [-0.2, 0) is 0 Å². The maximum atomic E-state index is 4.84. The molecule has 21 heavy (non-hydrogen) atoms. The first-order valence-electron chi connectivity index (χ1n) is 8.51. The van der Waals surface area contributed by atoms with Gasteiger partial charge in [0.1, 0.15) is 17.5 Å². The Morgan fingerprint density at radius 3 is 2.38 bits per heavy atom. The molecule has 4 heteroatoms. The third-order valence-electron chi connectivity index (χ3n) is 5.58. The van der Waals surface area contributed by atoms with E-state index in [1.165, 1.54) is 38.5 Å². The zero-order valence-electron chi connectivity index (χ0n) is 13.7. The van der Waals surface area contributed by atoms with Gasteiger partial charge in [0.05, 0.1) is 0 Å². The van der Waals surface area contributed by atoms with Gasteiger partial charge in [0.25, 0.3) is 0 Å². The molecule has 0 bridgehead atoms. The van der Waals surface area contributed by atoms with Crippen molar-refractivity contribution in [3.63, 3.8) is 0 Å². The van der Waals surface area contributed by atoms with Crippen LogP contribution < -0.4 is 10.2 Å². The quantitative estimate of drug-likeness (QED) is 0.894. The minimum absolute atomic E-state index is 0.564. The lowest BCUT2D eigenvalue weighted by molar-refractivity contribution is 0.199. The first-order chi connectivity index (χ1) is 10.2. The van der Waals surface area contributed by atoms with Crippen LogP contribution in [0.2, 0.25) is 0 Å². The van der Waals surface area contributed by atoms with Gasteiger partial charge in [0, 0.05) is 32.1 Å². The van der Waals surface area contributed by atoms with E-state index in [-0.39, 0.29) is 0 Å². The molecule has 2 fully saturated rings. The van der Waals surface area contributed by atoms with Gasteiger partial charge in [0.2, 0.25) is 0 Å². The van der Waals surface area contributed by atoms with Crippen LogP contribution in [0.25, 0.3) is 0 Å². The Morgan fingerprint density at radius 1 is 1.19 bits per heavy atom. The number of hydrogen-bond donors (Lipinski definition) is 1. The second kappa shape index (κ2) is 5.82. The molecule has 2 aliphatic rings. The largest absolute Gasteiger partial charge is 0.373 e. The molecule has 4 nitrogen and oxygen atoms in total. The molecule has 1 aromatic rings. The molecule has 0 unspecified atom stereocenters. The van der Waals surface area contributed by atoms with Gasteiger partial charge < -0.3 is 10.2 Å². The number of hydrogen-bond acceptors (Lipinski definition) is 4. The van der Waals surface area contributed by atoms with Gasteiger partial charge in [-0.3, -0.25) is 0 Å². The molecule has 2 heterocycles. The fourth-order valence-electron chi connectivity index (χ4n) is 3.43. The summed E-state index contributed by atoms with van der Waals surface area (Å²) in [4.78, 5) is 11.9. The van der Waals surface area contributed by atoms with Gasteiger partial charge in [-0.15, -0.1) is 0 Å². The number of nitrogens with one attached hydrogen (secondary N) is 1. The van der Waals surface area contributed by atoms with Crippen LogP contribution in [0.3, 0.4) is 0 Å². The summed E-state index contributed by atoms with van der Waals surface area (Å²) in [5.74, 6) is 3.73. The molecular formula is C17H28N4. The number of nitrogens with zero attached hydrogens (tertiary/aromatic N) is 3. The Morgan fingerprint density at radius 2 is 1.86 bits per heavy atom. The van der Waals surface area contributed by atoms with Gasteiger partial charge in [0.15, 0.2) is 0 Å². The van der Waals surface area contributed by atoms with Gasteiger partial charge in [-0.25, -0.2) is 9.97 Å². The molecule has 1 saturated carbocycles. The summed E-state index contributed by atoms with van der Waals surface area (Å²) in [6, 6.07) is 2.11. The summed E-state index contributed by atoms with van der Waals surface area (Å²) in [7, 11) is 1.94. The van der Waals surface area contributed by atoms with E-state index in [9.17, 15) is 0 Å². The molecule has 0 spiro atoms. The van der Waals surface area contributed by atoms with Crippen LogP contribution >= 0.6 is 0 Å². The van der Waals surface area contributed by atoms with E-state index in [1.807, 2.05) is 7.05 Å². The van der Waals surface area contributed by atoms with Crippen LogP contribution in [0.1, 0.15) is 64.1 Å². The third-order valence-corrected chi connectivity index (χ3v) is 5.58. The second-order valence-electron chi connectivity index (χ2n) is 6.69. The van der Waals surface area contributed by atoms with Crippen LogP contribution in [0.5, 0.6) is 0 Å². The van der Waals surface area contributed by atoms with E-state index in [1.54, 1.807) is 0 Å². The SMILES string of the molecule is CCC1(CC)CCN(c2cc(NC)nc(C3CC3)n2)CC1. The Labute approximate surface area is 128 Å². The van der Waals surface area contributed by atoms with E-state index in [0.717, 1.165) is 30.5 Å². The molecule has 1 aliphatic heterocycles. The Kier molecular flexibility index (Phi) is 4.05. The van der Waals surface area contributed by atoms with E-state index in [2.05, 4.69) is 35.1 Å². The van der Waals surface area contributed by atoms with Crippen molar-refractivity contribution in [2.75, 3.05) is 30.4 Å². The van der Waals surface area contributed by atoms with Crippen molar-refractivity contribution in [2.45, 2.75) is 58.3 Å².